The Kier molecular flexibility index (Phi) is 5.21. The maximum absolute atomic E-state index is 11.8. The number of aromatic hydroxyl groups is 1. The number of ether oxygens (including phenoxy) is 1. The molecule has 0 saturated heterocycles. The number of rotatable bonds is 5. The molecule has 1 heterocycles. The van der Waals surface area contributed by atoms with Gasteiger partial charge in [0.25, 0.3) is 5.91 Å². The van der Waals surface area contributed by atoms with Gasteiger partial charge >= 0.3 is 5.63 Å². The smallest absolute Gasteiger partial charge is 0.336 e. The molecular weight excluding hydrogens is 348 g/mol. The molecule has 138 valence electrons. The van der Waals surface area contributed by atoms with Crippen LogP contribution < -0.4 is 15.8 Å². The first-order chi connectivity index (χ1) is 12.9. The molecule has 0 fully saturated rings. The Morgan fingerprint density at radius 1 is 1.22 bits per heavy atom. The zero-order valence-corrected chi connectivity index (χ0v) is 14.9. The van der Waals surface area contributed by atoms with Crippen LogP contribution in [0.2, 0.25) is 0 Å². The first-order valence-corrected chi connectivity index (χ1v) is 8.21. The summed E-state index contributed by atoms with van der Waals surface area (Å²) in [4.78, 5) is 23.3. The first-order valence-electron chi connectivity index (χ1n) is 8.21. The monoisotopic (exact) mass is 366 g/mol. The van der Waals surface area contributed by atoms with Crippen LogP contribution in [0.4, 0.5) is 0 Å². The highest BCUT2D eigenvalue weighted by molar-refractivity contribution is 5.85. The number of hydrogen-bond donors (Lipinski definition) is 2. The second-order valence-corrected chi connectivity index (χ2v) is 6.05. The number of fused-ring (bicyclic) bond motifs is 1. The zero-order chi connectivity index (χ0) is 19.4. The molecule has 2 aromatic carbocycles. The van der Waals surface area contributed by atoms with E-state index in [1.54, 1.807) is 36.4 Å². The van der Waals surface area contributed by atoms with Gasteiger partial charge in [-0.25, -0.2) is 10.2 Å². The third kappa shape index (κ3) is 4.52. The summed E-state index contributed by atoms with van der Waals surface area (Å²) in [5.41, 5.74) is 4.54. The molecule has 0 unspecified atom stereocenters. The molecule has 0 aliphatic heterocycles. The standard InChI is InChI=1S/C20H18N2O5/c1-12-3-6-17(23)14(7-12)10-21-22-19(24)11-26-15-4-5-16-13(2)8-20(25)27-18(16)9-15/h3-10,23H,11H2,1-2H3,(H,22,24)/b21-10-. The van der Waals surface area contributed by atoms with Crippen LogP contribution in [-0.2, 0) is 4.79 Å². The average molecular weight is 366 g/mol. The van der Waals surface area contributed by atoms with Crippen molar-refractivity contribution in [3.05, 3.63) is 69.6 Å². The molecule has 27 heavy (non-hydrogen) atoms. The molecule has 1 amide bonds. The number of aryl methyl sites for hydroxylation is 2. The van der Waals surface area contributed by atoms with Crippen LogP contribution >= 0.6 is 0 Å². The number of benzene rings is 2. The summed E-state index contributed by atoms with van der Waals surface area (Å²) in [5, 5.41) is 14.3. The predicted octanol–water partition coefficient (Wildman–Crippen LogP) is 2.64. The molecule has 7 nitrogen and oxygen atoms in total. The minimum absolute atomic E-state index is 0.0720. The highest BCUT2D eigenvalue weighted by Crippen LogP contribution is 2.22. The van der Waals surface area contributed by atoms with Gasteiger partial charge in [0.05, 0.1) is 6.21 Å². The Bertz CT molecular complexity index is 1090. The number of carbonyl (C=O) groups is 1. The highest BCUT2D eigenvalue weighted by atomic mass is 16.5. The lowest BCUT2D eigenvalue weighted by molar-refractivity contribution is -0.123. The molecule has 0 aliphatic carbocycles. The fourth-order valence-electron chi connectivity index (χ4n) is 2.53. The number of nitrogens with zero attached hydrogens (tertiary/aromatic N) is 1. The van der Waals surface area contributed by atoms with Gasteiger partial charge in [0.2, 0.25) is 0 Å². The van der Waals surface area contributed by atoms with Crippen molar-refractivity contribution in [2.45, 2.75) is 13.8 Å². The topological polar surface area (TPSA) is 101 Å². The molecule has 7 heteroatoms. The number of nitrogens with one attached hydrogen (secondary N) is 1. The van der Waals surface area contributed by atoms with Gasteiger partial charge in [-0.15, -0.1) is 0 Å². The van der Waals surface area contributed by atoms with E-state index in [-0.39, 0.29) is 12.4 Å². The van der Waals surface area contributed by atoms with Crippen LogP contribution in [0.5, 0.6) is 11.5 Å². The number of carbonyl (C=O) groups excluding carboxylic acids is 1. The molecule has 0 saturated carbocycles. The van der Waals surface area contributed by atoms with E-state index in [2.05, 4.69) is 10.5 Å². The lowest BCUT2D eigenvalue weighted by atomic mass is 10.1. The van der Waals surface area contributed by atoms with Gasteiger partial charge in [-0.2, -0.15) is 5.10 Å². The highest BCUT2D eigenvalue weighted by Gasteiger charge is 2.06. The number of phenols is 1. The molecule has 0 spiro atoms. The van der Waals surface area contributed by atoms with Crippen LogP contribution in [0.3, 0.4) is 0 Å². The average Bonchev–Trinajstić information content (AvgIpc) is 2.62. The van der Waals surface area contributed by atoms with E-state index in [0.29, 0.717) is 16.9 Å². The van der Waals surface area contributed by atoms with Crippen LogP contribution in [0.15, 0.2) is 56.8 Å². The van der Waals surface area contributed by atoms with Crippen LogP contribution in [-0.4, -0.2) is 23.8 Å². The molecule has 1 aromatic heterocycles. The second-order valence-electron chi connectivity index (χ2n) is 6.05. The van der Waals surface area contributed by atoms with Crippen molar-refractivity contribution >= 4 is 23.1 Å². The van der Waals surface area contributed by atoms with Gasteiger partial charge in [0.15, 0.2) is 6.61 Å². The minimum atomic E-state index is -0.468. The number of phenolic OH excluding ortho intramolecular Hbond substituents is 1. The largest absolute Gasteiger partial charge is 0.507 e. The summed E-state index contributed by atoms with van der Waals surface area (Å²) >= 11 is 0. The van der Waals surface area contributed by atoms with E-state index in [9.17, 15) is 14.7 Å². The SMILES string of the molecule is Cc1ccc(O)c(/C=N\NC(=O)COc2ccc3c(C)cc(=O)oc3c2)c1. The first kappa shape index (κ1) is 18.2. The summed E-state index contributed by atoms with van der Waals surface area (Å²) in [6, 6.07) is 11.5. The minimum Gasteiger partial charge on any atom is -0.507 e. The third-order valence-electron chi connectivity index (χ3n) is 3.87. The van der Waals surface area contributed by atoms with E-state index in [1.807, 2.05) is 13.8 Å². The Hall–Kier alpha value is -3.61. The zero-order valence-electron chi connectivity index (χ0n) is 14.9. The lowest BCUT2D eigenvalue weighted by Crippen LogP contribution is -2.24. The van der Waals surface area contributed by atoms with E-state index < -0.39 is 11.5 Å². The van der Waals surface area contributed by atoms with E-state index >= 15 is 0 Å². The number of amides is 1. The van der Waals surface area contributed by atoms with Gasteiger partial charge in [0.1, 0.15) is 17.1 Å². The quantitative estimate of drug-likeness (QED) is 0.411. The maximum atomic E-state index is 11.8. The number of hydrogen-bond acceptors (Lipinski definition) is 6. The van der Waals surface area contributed by atoms with Gasteiger partial charge in [0, 0.05) is 23.1 Å². The van der Waals surface area contributed by atoms with E-state index in [4.69, 9.17) is 9.15 Å². The lowest BCUT2D eigenvalue weighted by Gasteiger charge is -2.07. The molecule has 3 rings (SSSR count). The van der Waals surface area contributed by atoms with Gasteiger partial charge in [-0.05, 0) is 43.7 Å². The van der Waals surface area contributed by atoms with E-state index in [1.165, 1.54) is 12.3 Å². The number of hydrazone groups is 1. The van der Waals surface area contributed by atoms with Crippen molar-refractivity contribution in [2.75, 3.05) is 6.61 Å². The predicted molar refractivity (Wildman–Crippen MR) is 101 cm³/mol. The molecule has 3 aromatic rings. The van der Waals surface area contributed by atoms with Crippen molar-refractivity contribution in [2.24, 2.45) is 5.10 Å². The molecule has 2 N–H and O–H groups in total. The third-order valence-corrected chi connectivity index (χ3v) is 3.87. The summed E-state index contributed by atoms with van der Waals surface area (Å²) in [7, 11) is 0. The fraction of sp³-hybridized carbons (Fsp3) is 0.150. The second kappa shape index (κ2) is 7.74. The van der Waals surface area contributed by atoms with Crippen LogP contribution in [0, 0.1) is 13.8 Å². The molecular formula is C20H18N2O5. The van der Waals surface area contributed by atoms with Crippen molar-refractivity contribution in [3.63, 3.8) is 0 Å². The Balaban J connectivity index is 1.60. The van der Waals surface area contributed by atoms with Gasteiger partial charge in [-0.3, -0.25) is 4.79 Å². The Morgan fingerprint density at radius 3 is 2.85 bits per heavy atom. The summed E-state index contributed by atoms with van der Waals surface area (Å²) in [6.07, 6.45) is 1.35. The molecule has 0 bridgehead atoms. The summed E-state index contributed by atoms with van der Waals surface area (Å²) in [5.74, 6) is -0.00121. The van der Waals surface area contributed by atoms with Crippen LogP contribution in [0.1, 0.15) is 16.7 Å². The fourth-order valence-corrected chi connectivity index (χ4v) is 2.53. The Morgan fingerprint density at radius 2 is 2.04 bits per heavy atom. The molecule has 0 aliphatic rings. The summed E-state index contributed by atoms with van der Waals surface area (Å²) < 4.78 is 10.5. The molecule has 0 atom stereocenters. The Labute approximate surface area is 154 Å². The maximum Gasteiger partial charge on any atom is 0.336 e. The van der Waals surface area contributed by atoms with Crippen LogP contribution in [0.25, 0.3) is 11.0 Å². The van der Waals surface area contributed by atoms with Crippen molar-refractivity contribution < 1.29 is 19.1 Å². The summed E-state index contributed by atoms with van der Waals surface area (Å²) in [6.45, 7) is 3.44. The van der Waals surface area contributed by atoms with Crippen molar-refractivity contribution in [1.29, 1.82) is 0 Å². The van der Waals surface area contributed by atoms with Gasteiger partial charge in [-0.1, -0.05) is 11.6 Å². The normalized spacial score (nSPS) is 11.0. The van der Waals surface area contributed by atoms with E-state index in [0.717, 1.165) is 16.5 Å². The van der Waals surface area contributed by atoms with Crippen molar-refractivity contribution in [3.8, 4) is 11.5 Å². The van der Waals surface area contributed by atoms with Crippen molar-refractivity contribution in [1.82, 2.24) is 5.43 Å². The molecule has 0 radical (unpaired) electrons. The van der Waals surface area contributed by atoms with Gasteiger partial charge < -0.3 is 14.3 Å².